The molecule has 1 aromatic heterocycles. The number of benzene rings is 1. The first-order valence-electron chi connectivity index (χ1n) is 6.80. The van der Waals surface area contributed by atoms with Crippen molar-refractivity contribution in [2.75, 3.05) is 11.9 Å². The molecule has 1 heterocycles. The summed E-state index contributed by atoms with van der Waals surface area (Å²) >= 11 is 1.72. The lowest BCUT2D eigenvalue weighted by atomic mass is 10.2. The van der Waals surface area contributed by atoms with Crippen LogP contribution in [0, 0.1) is 11.8 Å². The van der Waals surface area contributed by atoms with Crippen LogP contribution in [-0.2, 0) is 11.2 Å². The number of nitrogens with one attached hydrogen (secondary N) is 1. The van der Waals surface area contributed by atoms with Crippen LogP contribution in [0.5, 0.6) is 0 Å². The second kappa shape index (κ2) is 8.25. The maximum Gasteiger partial charge on any atom is 0.224 e. The van der Waals surface area contributed by atoms with Crippen LogP contribution < -0.4 is 5.32 Å². The summed E-state index contributed by atoms with van der Waals surface area (Å²) in [5, 5.41) is 13.5. The summed E-state index contributed by atoms with van der Waals surface area (Å²) in [6, 6.07) is 11.4. The van der Waals surface area contributed by atoms with Gasteiger partial charge in [0.1, 0.15) is 6.61 Å². The summed E-state index contributed by atoms with van der Waals surface area (Å²) in [6.45, 7) is -0.150. The van der Waals surface area contributed by atoms with Gasteiger partial charge < -0.3 is 10.4 Å². The van der Waals surface area contributed by atoms with E-state index in [-0.39, 0.29) is 12.5 Å². The number of hydrogen-bond acceptors (Lipinski definition) is 3. The van der Waals surface area contributed by atoms with Crippen molar-refractivity contribution in [3.8, 4) is 11.8 Å². The van der Waals surface area contributed by atoms with Crippen molar-refractivity contribution in [1.29, 1.82) is 0 Å². The highest BCUT2D eigenvalue weighted by atomic mass is 32.1. The SMILES string of the molecule is O=C(CCCc1cccs1)Nc1ccc(C#CCO)cc1. The topological polar surface area (TPSA) is 49.3 Å². The minimum absolute atomic E-state index is 0.0285. The highest BCUT2D eigenvalue weighted by Gasteiger charge is 2.03. The van der Waals surface area contributed by atoms with Gasteiger partial charge >= 0.3 is 0 Å². The average molecular weight is 299 g/mol. The summed E-state index contributed by atoms with van der Waals surface area (Å²) in [6.07, 6.45) is 2.32. The Balaban J connectivity index is 1.76. The summed E-state index contributed by atoms with van der Waals surface area (Å²) in [5.41, 5.74) is 1.59. The Morgan fingerprint density at radius 2 is 2.05 bits per heavy atom. The summed E-state index contributed by atoms with van der Waals surface area (Å²) in [5.74, 6) is 5.43. The van der Waals surface area contributed by atoms with E-state index >= 15 is 0 Å². The molecular weight excluding hydrogens is 282 g/mol. The van der Waals surface area contributed by atoms with Gasteiger partial charge in [-0.05, 0) is 48.6 Å². The zero-order valence-electron chi connectivity index (χ0n) is 11.6. The third-order valence-corrected chi connectivity index (χ3v) is 3.82. The number of carbonyl (C=O) groups excluding carboxylic acids is 1. The zero-order valence-corrected chi connectivity index (χ0v) is 12.5. The third kappa shape index (κ3) is 5.42. The van der Waals surface area contributed by atoms with Crippen molar-refractivity contribution in [3.63, 3.8) is 0 Å². The molecule has 0 aliphatic carbocycles. The van der Waals surface area contributed by atoms with Gasteiger partial charge in [-0.25, -0.2) is 0 Å². The number of anilines is 1. The summed E-state index contributed by atoms with van der Waals surface area (Å²) < 4.78 is 0. The van der Waals surface area contributed by atoms with Crippen molar-refractivity contribution in [2.45, 2.75) is 19.3 Å². The van der Waals surface area contributed by atoms with Crippen molar-refractivity contribution in [3.05, 3.63) is 52.2 Å². The summed E-state index contributed by atoms with van der Waals surface area (Å²) in [7, 11) is 0. The van der Waals surface area contributed by atoms with Crippen LogP contribution in [-0.4, -0.2) is 17.6 Å². The van der Waals surface area contributed by atoms with Gasteiger partial charge in [-0.2, -0.15) is 0 Å². The molecule has 4 heteroatoms. The van der Waals surface area contributed by atoms with Crippen LogP contribution in [0.4, 0.5) is 5.69 Å². The van der Waals surface area contributed by atoms with E-state index in [9.17, 15) is 4.79 Å². The third-order valence-electron chi connectivity index (χ3n) is 2.89. The van der Waals surface area contributed by atoms with Crippen LogP contribution in [0.3, 0.4) is 0 Å². The number of aliphatic hydroxyl groups excluding tert-OH is 1. The molecule has 1 amide bonds. The lowest BCUT2D eigenvalue weighted by molar-refractivity contribution is -0.116. The second-order valence-corrected chi connectivity index (χ2v) is 5.55. The number of thiophene rings is 1. The van der Waals surface area contributed by atoms with E-state index in [4.69, 9.17) is 5.11 Å². The van der Waals surface area contributed by atoms with E-state index in [1.807, 2.05) is 30.3 Å². The van der Waals surface area contributed by atoms with Gasteiger partial charge in [-0.15, -0.1) is 11.3 Å². The van der Waals surface area contributed by atoms with Gasteiger partial charge in [0, 0.05) is 22.5 Å². The molecule has 0 saturated heterocycles. The van der Waals surface area contributed by atoms with Crippen molar-refractivity contribution >= 4 is 22.9 Å². The fourth-order valence-electron chi connectivity index (χ4n) is 1.88. The molecule has 0 saturated carbocycles. The minimum Gasteiger partial charge on any atom is -0.384 e. The average Bonchev–Trinajstić information content (AvgIpc) is 3.00. The van der Waals surface area contributed by atoms with Gasteiger partial charge in [-0.3, -0.25) is 4.79 Å². The number of rotatable bonds is 5. The number of carbonyl (C=O) groups is 1. The lowest BCUT2D eigenvalue weighted by Gasteiger charge is -2.05. The molecule has 21 heavy (non-hydrogen) atoms. The quantitative estimate of drug-likeness (QED) is 0.834. The molecule has 0 unspecified atom stereocenters. The smallest absolute Gasteiger partial charge is 0.224 e. The first kappa shape index (κ1) is 15.3. The number of aliphatic hydroxyl groups is 1. The molecule has 3 nitrogen and oxygen atoms in total. The molecular formula is C17H17NO2S. The van der Waals surface area contributed by atoms with Gasteiger partial charge in [0.2, 0.25) is 5.91 Å². The Morgan fingerprint density at radius 3 is 2.71 bits per heavy atom. The minimum atomic E-state index is -0.150. The summed E-state index contributed by atoms with van der Waals surface area (Å²) in [4.78, 5) is 13.1. The van der Waals surface area contributed by atoms with Crippen LogP contribution >= 0.6 is 11.3 Å². The molecule has 1 aromatic carbocycles. The van der Waals surface area contributed by atoms with Crippen LogP contribution in [0.2, 0.25) is 0 Å². The van der Waals surface area contributed by atoms with Gasteiger partial charge in [-0.1, -0.05) is 17.9 Å². The highest BCUT2D eigenvalue weighted by Crippen LogP contribution is 2.13. The Kier molecular flexibility index (Phi) is 6.01. The molecule has 2 N–H and O–H groups in total. The molecule has 0 radical (unpaired) electrons. The van der Waals surface area contributed by atoms with Gasteiger partial charge in [0.25, 0.3) is 0 Å². The number of aryl methyl sites for hydroxylation is 1. The van der Waals surface area contributed by atoms with E-state index < -0.39 is 0 Å². The molecule has 0 aliphatic heterocycles. The molecule has 0 atom stereocenters. The van der Waals surface area contributed by atoms with Crippen LogP contribution in [0.1, 0.15) is 23.3 Å². The molecule has 0 aliphatic rings. The largest absolute Gasteiger partial charge is 0.384 e. The van der Waals surface area contributed by atoms with E-state index in [0.29, 0.717) is 6.42 Å². The van der Waals surface area contributed by atoms with Crippen molar-refractivity contribution < 1.29 is 9.90 Å². The molecule has 108 valence electrons. The van der Waals surface area contributed by atoms with E-state index in [2.05, 4.69) is 28.6 Å². The normalized spacial score (nSPS) is 9.76. The molecule has 0 bridgehead atoms. The van der Waals surface area contributed by atoms with Crippen LogP contribution in [0.15, 0.2) is 41.8 Å². The van der Waals surface area contributed by atoms with Gasteiger partial charge in [0.15, 0.2) is 0 Å². The van der Waals surface area contributed by atoms with E-state index in [1.54, 1.807) is 11.3 Å². The maximum absolute atomic E-state index is 11.8. The molecule has 2 aromatic rings. The second-order valence-electron chi connectivity index (χ2n) is 4.52. The Labute approximate surface area is 128 Å². The van der Waals surface area contributed by atoms with Crippen molar-refractivity contribution in [2.24, 2.45) is 0 Å². The first-order valence-corrected chi connectivity index (χ1v) is 7.68. The van der Waals surface area contributed by atoms with E-state index in [1.165, 1.54) is 4.88 Å². The van der Waals surface area contributed by atoms with Crippen molar-refractivity contribution in [1.82, 2.24) is 0 Å². The number of hydrogen-bond donors (Lipinski definition) is 2. The fraction of sp³-hybridized carbons (Fsp3) is 0.235. The predicted octanol–water partition coefficient (Wildman–Crippen LogP) is 3.05. The van der Waals surface area contributed by atoms with E-state index in [0.717, 1.165) is 24.1 Å². The molecule has 2 rings (SSSR count). The maximum atomic E-state index is 11.8. The van der Waals surface area contributed by atoms with Gasteiger partial charge in [0.05, 0.1) is 0 Å². The monoisotopic (exact) mass is 299 g/mol. The first-order chi connectivity index (χ1) is 10.3. The highest BCUT2D eigenvalue weighted by molar-refractivity contribution is 7.09. The zero-order chi connectivity index (χ0) is 14.9. The Bertz CT molecular complexity index is 621. The Morgan fingerprint density at radius 1 is 1.24 bits per heavy atom. The van der Waals surface area contributed by atoms with Crippen LogP contribution in [0.25, 0.3) is 0 Å². The molecule has 0 spiro atoms. The Hall–Kier alpha value is -2.09. The number of amides is 1. The molecule has 0 fully saturated rings. The predicted molar refractivity (Wildman–Crippen MR) is 86.3 cm³/mol. The fourth-order valence-corrected chi connectivity index (χ4v) is 2.63. The standard InChI is InChI=1S/C17H17NO2S/c19-12-2-4-14-8-10-15(11-9-14)18-17(20)7-1-5-16-6-3-13-21-16/h3,6,8-11,13,19H,1,5,7,12H2,(H,18,20). The lowest BCUT2D eigenvalue weighted by Crippen LogP contribution is -2.11.